The Kier molecular flexibility index (Phi) is 10.1. The molecule has 4 nitrogen and oxygen atoms in total. The molecule has 1 saturated carbocycles. The van der Waals surface area contributed by atoms with Crippen LogP contribution in [-0.4, -0.2) is 34.6 Å². The van der Waals surface area contributed by atoms with Crippen LogP contribution in [0.5, 0.6) is 0 Å². The van der Waals surface area contributed by atoms with E-state index in [0.717, 1.165) is 48.1 Å². The number of carbonyl (C=O) groups excluding carboxylic acids is 2. The zero-order valence-electron chi connectivity index (χ0n) is 22.9. The molecule has 1 N–H and O–H groups in total. The van der Waals surface area contributed by atoms with Gasteiger partial charge in [-0.2, -0.15) is 0 Å². The largest absolute Gasteiger partial charge is 0.352 e. The van der Waals surface area contributed by atoms with Crippen LogP contribution in [0.1, 0.15) is 59.1 Å². The van der Waals surface area contributed by atoms with Gasteiger partial charge in [0.15, 0.2) is 0 Å². The molecule has 0 saturated heterocycles. The van der Waals surface area contributed by atoms with Crippen LogP contribution in [-0.2, 0) is 28.3 Å². The molecule has 5 heteroatoms. The van der Waals surface area contributed by atoms with Crippen molar-refractivity contribution >= 4 is 23.6 Å². The summed E-state index contributed by atoms with van der Waals surface area (Å²) in [4.78, 5) is 29.5. The molecule has 3 aromatic rings. The number of carbonyl (C=O) groups is 2. The SMILES string of the molecule is Cc1cc(C)cc(CSCC(=O)N(Cc2ccccc2C)C(Cc2ccccc2)C(=O)NC2CCCC2)c1. The second-order valence-electron chi connectivity index (χ2n) is 10.6. The summed E-state index contributed by atoms with van der Waals surface area (Å²) in [7, 11) is 0. The monoisotopic (exact) mass is 528 g/mol. The van der Waals surface area contributed by atoms with Crippen molar-refractivity contribution in [3.05, 3.63) is 106 Å². The molecular weight excluding hydrogens is 488 g/mol. The molecule has 1 aliphatic carbocycles. The molecule has 38 heavy (non-hydrogen) atoms. The van der Waals surface area contributed by atoms with Crippen molar-refractivity contribution < 1.29 is 9.59 Å². The summed E-state index contributed by atoms with van der Waals surface area (Å²) in [6, 6.07) is 24.4. The van der Waals surface area contributed by atoms with Crippen molar-refractivity contribution in [3.8, 4) is 0 Å². The first-order valence-electron chi connectivity index (χ1n) is 13.7. The molecule has 200 valence electrons. The van der Waals surface area contributed by atoms with Crippen molar-refractivity contribution in [2.45, 2.75) is 77.3 Å². The fourth-order valence-corrected chi connectivity index (χ4v) is 6.23. The summed E-state index contributed by atoms with van der Waals surface area (Å²) in [5, 5.41) is 3.29. The first-order chi connectivity index (χ1) is 18.4. The van der Waals surface area contributed by atoms with Crippen molar-refractivity contribution in [2.75, 3.05) is 5.75 Å². The van der Waals surface area contributed by atoms with Gasteiger partial charge < -0.3 is 10.2 Å². The topological polar surface area (TPSA) is 49.4 Å². The van der Waals surface area contributed by atoms with Gasteiger partial charge in [0, 0.05) is 24.8 Å². The van der Waals surface area contributed by atoms with Crippen LogP contribution in [0.2, 0.25) is 0 Å². The van der Waals surface area contributed by atoms with Crippen LogP contribution in [0, 0.1) is 20.8 Å². The minimum Gasteiger partial charge on any atom is -0.352 e. The molecule has 0 spiro atoms. The molecule has 0 radical (unpaired) electrons. The van der Waals surface area contributed by atoms with Gasteiger partial charge in [0.1, 0.15) is 6.04 Å². The number of amides is 2. The van der Waals surface area contributed by atoms with Crippen LogP contribution in [0.25, 0.3) is 0 Å². The van der Waals surface area contributed by atoms with E-state index in [0.29, 0.717) is 18.7 Å². The highest BCUT2D eigenvalue weighted by Crippen LogP contribution is 2.22. The zero-order valence-corrected chi connectivity index (χ0v) is 23.7. The van der Waals surface area contributed by atoms with Crippen LogP contribution < -0.4 is 5.32 Å². The summed E-state index contributed by atoms with van der Waals surface area (Å²) >= 11 is 1.62. The smallest absolute Gasteiger partial charge is 0.243 e. The van der Waals surface area contributed by atoms with Gasteiger partial charge >= 0.3 is 0 Å². The molecule has 0 heterocycles. The minimum absolute atomic E-state index is 0.00475. The Hall–Kier alpha value is -3.05. The van der Waals surface area contributed by atoms with Crippen LogP contribution in [0.4, 0.5) is 0 Å². The van der Waals surface area contributed by atoms with Crippen LogP contribution in [0.15, 0.2) is 72.8 Å². The number of hydrogen-bond acceptors (Lipinski definition) is 3. The third-order valence-corrected chi connectivity index (χ3v) is 8.34. The number of hydrogen-bond donors (Lipinski definition) is 1. The van der Waals surface area contributed by atoms with E-state index >= 15 is 0 Å². The van der Waals surface area contributed by atoms with E-state index < -0.39 is 6.04 Å². The molecule has 2 amide bonds. The average molecular weight is 529 g/mol. The number of nitrogens with zero attached hydrogens (tertiary/aromatic N) is 1. The number of thioether (sulfide) groups is 1. The van der Waals surface area contributed by atoms with E-state index in [9.17, 15) is 9.59 Å². The maximum atomic E-state index is 13.9. The highest BCUT2D eigenvalue weighted by Gasteiger charge is 2.32. The maximum absolute atomic E-state index is 13.9. The van der Waals surface area contributed by atoms with Gasteiger partial charge in [-0.25, -0.2) is 0 Å². The molecule has 1 unspecified atom stereocenters. The summed E-state index contributed by atoms with van der Waals surface area (Å²) in [6.45, 7) is 6.70. The first kappa shape index (κ1) is 28.0. The fourth-order valence-electron chi connectivity index (χ4n) is 5.38. The average Bonchev–Trinajstić information content (AvgIpc) is 3.40. The summed E-state index contributed by atoms with van der Waals surface area (Å²) in [5.74, 6) is 1.07. The molecule has 3 aromatic carbocycles. The minimum atomic E-state index is -0.563. The highest BCUT2D eigenvalue weighted by atomic mass is 32.2. The van der Waals surface area contributed by atoms with Crippen molar-refractivity contribution in [1.29, 1.82) is 0 Å². The van der Waals surface area contributed by atoms with Gasteiger partial charge in [-0.1, -0.05) is 96.8 Å². The Morgan fingerprint density at radius 1 is 0.895 bits per heavy atom. The van der Waals surface area contributed by atoms with E-state index in [4.69, 9.17) is 0 Å². The Morgan fingerprint density at radius 2 is 1.55 bits per heavy atom. The Balaban J connectivity index is 1.57. The van der Waals surface area contributed by atoms with Gasteiger partial charge in [-0.3, -0.25) is 9.59 Å². The van der Waals surface area contributed by atoms with Gasteiger partial charge in [0.05, 0.1) is 5.75 Å². The molecule has 0 aromatic heterocycles. The summed E-state index contributed by atoms with van der Waals surface area (Å²) in [5.41, 5.74) is 6.96. The Morgan fingerprint density at radius 3 is 2.24 bits per heavy atom. The summed E-state index contributed by atoms with van der Waals surface area (Å²) < 4.78 is 0. The van der Waals surface area contributed by atoms with Crippen LogP contribution >= 0.6 is 11.8 Å². The normalized spacial score (nSPS) is 14.3. The van der Waals surface area contributed by atoms with Crippen LogP contribution in [0.3, 0.4) is 0 Å². The molecule has 1 aliphatic rings. The number of benzene rings is 3. The fraction of sp³-hybridized carbons (Fsp3) is 0.394. The van der Waals surface area contributed by atoms with Crippen molar-refractivity contribution in [1.82, 2.24) is 10.2 Å². The molecular formula is C33H40N2O2S. The summed E-state index contributed by atoms with van der Waals surface area (Å²) in [6.07, 6.45) is 4.83. The standard InChI is InChI=1S/C33H40N2O2S/c1-24-17-25(2)19-28(18-24)22-38-23-32(36)35(21-29-14-8-7-11-26(29)3)31(20-27-12-5-4-6-13-27)33(37)34-30-15-9-10-16-30/h4-8,11-14,17-19,30-31H,9-10,15-16,20-23H2,1-3H3,(H,34,37). The Labute approximate surface area is 232 Å². The third-order valence-electron chi connectivity index (χ3n) is 7.35. The first-order valence-corrected chi connectivity index (χ1v) is 14.9. The highest BCUT2D eigenvalue weighted by molar-refractivity contribution is 7.99. The van der Waals surface area contributed by atoms with E-state index in [-0.39, 0.29) is 17.9 Å². The zero-order chi connectivity index (χ0) is 26.9. The predicted octanol–water partition coefficient (Wildman–Crippen LogP) is 6.54. The lowest BCUT2D eigenvalue weighted by atomic mass is 10.0. The van der Waals surface area contributed by atoms with E-state index in [2.05, 4.69) is 56.4 Å². The van der Waals surface area contributed by atoms with E-state index in [1.165, 1.54) is 16.7 Å². The molecule has 1 atom stereocenters. The lowest BCUT2D eigenvalue weighted by molar-refractivity contribution is -0.139. The molecule has 1 fully saturated rings. The third kappa shape index (κ3) is 7.97. The van der Waals surface area contributed by atoms with Gasteiger partial charge in [-0.05, 0) is 55.9 Å². The lowest BCUT2D eigenvalue weighted by Gasteiger charge is -2.32. The lowest BCUT2D eigenvalue weighted by Crippen LogP contribution is -2.52. The molecule has 0 aliphatic heterocycles. The van der Waals surface area contributed by atoms with Gasteiger partial charge in [-0.15, -0.1) is 11.8 Å². The second-order valence-corrected chi connectivity index (χ2v) is 11.6. The quantitative estimate of drug-likeness (QED) is 0.307. The second kappa shape index (κ2) is 13.7. The van der Waals surface area contributed by atoms with E-state index in [1.807, 2.05) is 47.4 Å². The maximum Gasteiger partial charge on any atom is 0.243 e. The number of rotatable bonds is 11. The van der Waals surface area contributed by atoms with Gasteiger partial charge in [0.2, 0.25) is 11.8 Å². The van der Waals surface area contributed by atoms with Gasteiger partial charge in [0.25, 0.3) is 0 Å². The predicted molar refractivity (Wildman–Crippen MR) is 158 cm³/mol. The number of nitrogens with one attached hydrogen (secondary N) is 1. The van der Waals surface area contributed by atoms with E-state index in [1.54, 1.807) is 11.8 Å². The van der Waals surface area contributed by atoms with Crippen molar-refractivity contribution in [2.24, 2.45) is 0 Å². The van der Waals surface area contributed by atoms with Crippen molar-refractivity contribution in [3.63, 3.8) is 0 Å². The molecule has 4 rings (SSSR count). The number of aryl methyl sites for hydroxylation is 3. The Bertz CT molecular complexity index is 1200. The molecule has 0 bridgehead atoms.